The fraction of sp³-hybridized carbons (Fsp3) is 0.412. The molecule has 0 bridgehead atoms. The van der Waals surface area contributed by atoms with Crippen molar-refractivity contribution in [1.82, 2.24) is 15.5 Å². The molecule has 25 heavy (non-hydrogen) atoms. The zero-order chi connectivity index (χ0) is 18.1. The van der Waals surface area contributed by atoms with E-state index in [1.54, 1.807) is 0 Å². The lowest BCUT2D eigenvalue weighted by molar-refractivity contribution is -0.101. The molecule has 0 saturated heterocycles. The van der Waals surface area contributed by atoms with E-state index in [-0.39, 0.29) is 30.9 Å². The maximum absolute atomic E-state index is 13.2. The Morgan fingerprint density at radius 1 is 1.20 bits per heavy atom. The lowest BCUT2D eigenvalue weighted by Gasteiger charge is -2.35. The minimum atomic E-state index is -2.75. The molecular formula is C17H18F3N3O2. The van der Waals surface area contributed by atoms with Crippen molar-refractivity contribution in [2.24, 2.45) is 0 Å². The maximum atomic E-state index is 13.2. The highest BCUT2D eigenvalue weighted by Crippen LogP contribution is 2.38. The van der Waals surface area contributed by atoms with E-state index in [0.29, 0.717) is 11.3 Å². The van der Waals surface area contributed by atoms with E-state index >= 15 is 0 Å². The first-order chi connectivity index (χ1) is 11.8. The van der Waals surface area contributed by atoms with Crippen LogP contribution in [-0.4, -0.2) is 39.3 Å². The number of carbonyl (C=O) groups excluding carboxylic acids is 1. The third-order valence-electron chi connectivity index (χ3n) is 4.45. The second-order valence-electron chi connectivity index (χ2n) is 6.44. The molecule has 0 unspecified atom stereocenters. The van der Waals surface area contributed by atoms with Gasteiger partial charge < -0.3 is 10.4 Å². The zero-order valence-electron chi connectivity index (χ0n) is 13.4. The first kappa shape index (κ1) is 17.5. The Balaban J connectivity index is 1.60. The lowest BCUT2D eigenvalue weighted by atomic mass is 9.83. The average molecular weight is 353 g/mol. The molecule has 1 saturated carbocycles. The van der Waals surface area contributed by atoms with E-state index < -0.39 is 30.3 Å². The van der Waals surface area contributed by atoms with Gasteiger partial charge in [-0.2, -0.15) is 5.10 Å². The Kier molecular flexibility index (Phi) is 4.55. The van der Waals surface area contributed by atoms with E-state index in [4.69, 9.17) is 0 Å². The van der Waals surface area contributed by atoms with Gasteiger partial charge in [0.25, 0.3) is 5.91 Å². The number of carbonyl (C=O) groups is 1. The van der Waals surface area contributed by atoms with Crippen molar-refractivity contribution in [3.8, 4) is 11.3 Å². The molecule has 3 N–H and O–H groups in total. The summed E-state index contributed by atoms with van der Waals surface area (Å²) in [5, 5.41) is 19.4. The van der Waals surface area contributed by atoms with Gasteiger partial charge in [0.1, 0.15) is 11.5 Å². The normalized spacial score (nSPS) is 18.7. The number of aromatic amines is 1. The fourth-order valence-corrected chi connectivity index (χ4v) is 2.80. The van der Waals surface area contributed by atoms with Gasteiger partial charge in [0.2, 0.25) is 5.92 Å². The fourth-order valence-electron chi connectivity index (χ4n) is 2.80. The molecule has 1 aromatic carbocycles. The molecule has 3 rings (SSSR count). The molecule has 1 amide bonds. The molecule has 0 atom stereocenters. The van der Waals surface area contributed by atoms with Crippen LogP contribution in [0.3, 0.4) is 0 Å². The van der Waals surface area contributed by atoms with Crippen molar-refractivity contribution in [2.45, 2.75) is 37.2 Å². The number of aliphatic hydroxyl groups is 1. The molecule has 1 aliphatic carbocycles. The van der Waals surface area contributed by atoms with Crippen LogP contribution in [0.2, 0.25) is 0 Å². The Labute approximate surface area is 142 Å². The van der Waals surface area contributed by atoms with Crippen molar-refractivity contribution in [3.05, 3.63) is 41.8 Å². The minimum Gasteiger partial charge on any atom is -0.388 e. The molecule has 0 spiro atoms. The second-order valence-corrected chi connectivity index (χ2v) is 6.44. The summed E-state index contributed by atoms with van der Waals surface area (Å²) in [6.45, 7) is -0.104. The number of benzene rings is 1. The number of alkyl halides is 2. The molecule has 2 aromatic rings. The Morgan fingerprint density at radius 2 is 1.84 bits per heavy atom. The van der Waals surface area contributed by atoms with Crippen LogP contribution in [-0.2, 0) is 0 Å². The summed E-state index contributed by atoms with van der Waals surface area (Å²) in [6.07, 6.45) is -0.912. The van der Waals surface area contributed by atoms with Gasteiger partial charge in [-0.3, -0.25) is 9.89 Å². The van der Waals surface area contributed by atoms with Crippen molar-refractivity contribution in [1.29, 1.82) is 0 Å². The van der Waals surface area contributed by atoms with Crippen LogP contribution in [0, 0.1) is 5.82 Å². The number of rotatable bonds is 4. The number of nitrogens with one attached hydrogen (secondary N) is 2. The summed E-state index contributed by atoms with van der Waals surface area (Å²) in [5.74, 6) is -3.61. The van der Waals surface area contributed by atoms with Gasteiger partial charge in [-0.05, 0) is 43.2 Å². The SMILES string of the molecule is O=C(NCC1(O)CCC(F)(F)CC1)c1cc(-c2ccc(F)cc2)n[nH]1. The van der Waals surface area contributed by atoms with Crippen LogP contribution < -0.4 is 5.32 Å². The highest BCUT2D eigenvalue weighted by molar-refractivity contribution is 5.93. The largest absolute Gasteiger partial charge is 0.388 e. The van der Waals surface area contributed by atoms with Crippen LogP contribution in [0.1, 0.15) is 36.2 Å². The zero-order valence-corrected chi connectivity index (χ0v) is 13.4. The molecule has 1 aliphatic rings. The summed E-state index contributed by atoms with van der Waals surface area (Å²) in [7, 11) is 0. The predicted molar refractivity (Wildman–Crippen MR) is 84.7 cm³/mol. The van der Waals surface area contributed by atoms with Crippen LogP contribution in [0.4, 0.5) is 13.2 Å². The summed E-state index contributed by atoms with van der Waals surface area (Å²) >= 11 is 0. The Hall–Kier alpha value is -2.35. The lowest BCUT2D eigenvalue weighted by Crippen LogP contribution is -2.47. The molecule has 1 heterocycles. The first-order valence-electron chi connectivity index (χ1n) is 7.96. The molecule has 134 valence electrons. The number of aromatic nitrogens is 2. The number of nitrogens with zero attached hydrogens (tertiary/aromatic N) is 1. The standard InChI is InChI=1S/C17H18F3N3O2/c18-12-3-1-11(2-4-12)13-9-14(23-22-13)15(24)21-10-16(25)5-7-17(19,20)8-6-16/h1-4,9,25H,5-8,10H2,(H,21,24)(H,22,23). The van der Waals surface area contributed by atoms with Crippen LogP contribution >= 0.6 is 0 Å². The van der Waals surface area contributed by atoms with E-state index in [1.807, 2.05) is 0 Å². The first-order valence-corrected chi connectivity index (χ1v) is 7.96. The monoisotopic (exact) mass is 353 g/mol. The third-order valence-corrected chi connectivity index (χ3v) is 4.45. The highest BCUT2D eigenvalue weighted by Gasteiger charge is 2.42. The highest BCUT2D eigenvalue weighted by atomic mass is 19.3. The maximum Gasteiger partial charge on any atom is 0.269 e. The summed E-state index contributed by atoms with van der Waals surface area (Å²) in [6, 6.07) is 7.16. The van der Waals surface area contributed by atoms with Gasteiger partial charge in [0.05, 0.1) is 11.3 Å². The predicted octanol–water partition coefficient (Wildman–Crippen LogP) is 2.89. The van der Waals surface area contributed by atoms with Crippen molar-refractivity contribution in [2.75, 3.05) is 6.54 Å². The topological polar surface area (TPSA) is 78.0 Å². The van der Waals surface area contributed by atoms with E-state index in [0.717, 1.165) is 0 Å². The molecule has 1 fully saturated rings. The number of hydrogen-bond donors (Lipinski definition) is 3. The molecule has 1 aromatic heterocycles. The van der Waals surface area contributed by atoms with Crippen molar-refractivity contribution < 1.29 is 23.1 Å². The summed E-state index contributed by atoms with van der Waals surface area (Å²) in [4.78, 5) is 12.2. The van der Waals surface area contributed by atoms with Crippen LogP contribution in [0.15, 0.2) is 30.3 Å². The van der Waals surface area contributed by atoms with E-state index in [9.17, 15) is 23.1 Å². The van der Waals surface area contributed by atoms with Gasteiger partial charge in [0, 0.05) is 24.9 Å². The van der Waals surface area contributed by atoms with Gasteiger partial charge in [-0.1, -0.05) is 0 Å². The molecule has 5 nitrogen and oxygen atoms in total. The molecule has 0 radical (unpaired) electrons. The van der Waals surface area contributed by atoms with Gasteiger partial charge in [-0.25, -0.2) is 13.2 Å². The molecule has 8 heteroatoms. The van der Waals surface area contributed by atoms with Crippen LogP contribution in [0.25, 0.3) is 11.3 Å². The smallest absolute Gasteiger partial charge is 0.269 e. The third kappa shape index (κ3) is 4.19. The van der Waals surface area contributed by atoms with E-state index in [1.165, 1.54) is 30.3 Å². The van der Waals surface area contributed by atoms with Gasteiger partial charge >= 0.3 is 0 Å². The van der Waals surface area contributed by atoms with Crippen molar-refractivity contribution >= 4 is 5.91 Å². The van der Waals surface area contributed by atoms with Gasteiger partial charge in [-0.15, -0.1) is 0 Å². The molecular weight excluding hydrogens is 335 g/mol. The van der Waals surface area contributed by atoms with E-state index in [2.05, 4.69) is 15.5 Å². The summed E-state index contributed by atoms with van der Waals surface area (Å²) in [5.41, 5.74) is -0.0352. The van der Waals surface area contributed by atoms with Gasteiger partial charge in [0.15, 0.2) is 0 Å². The minimum absolute atomic E-state index is 0.0654. The quantitative estimate of drug-likeness (QED) is 0.791. The number of halogens is 3. The Bertz CT molecular complexity index is 749. The summed E-state index contributed by atoms with van der Waals surface area (Å²) < 4.78 is 39.3. The van der Waals surface area contributed by atoms with Crippen LogP contribution in [0.5, 0.6) is 0 Å². The average Bonchev–Trinajstić information content (AvgIpc) is 3.07. The Morgan fingerprint density at radius 3 is 2.48 bits per heavy atom. The number of amides is 1. The number of hydrogen-bond acceptors (Lipinski definition) is 3. The molecule has 0 aliphatic heterocycles. The number of H-pyrrole nitrogens is 1. The second kappa shape index (κ2) is 6.51. The van der Waals surface area contributed by atoms with Crippen molar-refractivity contribution in [3.63, 3.8) is 0 Å².